The third kappa shape index (κ3) is 5.40. The lowest BCUT2D eigenvalue weighted by Crippen LogP contribution is -2.52. The van der Waals surface area contributed by atoms with Gasteiger partial charge in [0.05, 0.1) is 18.5 Å². The Labute approximate surface area is 178 Å². The summed E-state index contributed by atoms with van der Waals surface area (Å²) in [7, 11) is -17.4. The molecule has 3 heterocycles. The quantitative estimate of drug-likeness (QED) is 0.225. The number of hydrogen-bond donors (Lipinski definition) is 5. The van der Waals surface area contributed by atoms with E-state index in [1.165, 1.54) is 17.8 Å². The highest BCUT2D eigenvalue weighted by Crippen LogP contribution is 2.63. The number of imidazole rings is 1. The number of phosphoric acid groups is 3. The van der Waals surface area contributed by atoms with Crippen LogP contribution in [0.1, 0.15) is 13.2 Å². The normalized spacial score (nSPS) is 31.8. The molecule has 0 bridgehead atoms. The second-order valence-electron chi connectivity index (χ2n) is 6.76. The first-order valence-corrected chi connectivity index (χ1v) is 12.8. The van der Waals surface area contributed by atoms with Crippen molar-refractivity contribution in [2.24, 2.45) is 5.73 Å². The highest BCUT2D eigenvalue weighted by molar-refractivity contribution is 7.65. The summed E-state index contributed by atoms with van der Waals surface area (Å²) in [5.41, 5.74) is 10.8. The summed E-state index contributed by atoms with van der Waals surface area (Å²) in [6, 6.07) is 0. The smallest absolute Gasteiger partial charge is 0.478 e. The topological polar surface area (TPSA) is 291 Å². The maximum Gasteiger partial charge on any atom is 0.478 e. The SMILES string of the molecule is C[C@@]1(N)[C@H](O)[C@@H](COP(=O)(O)OP(=O)([O-])OP(=O)([O-])O)O[C@H]1n1cnc2c(N)ncnc21. The fraction of sp³-hybridized carbons (Fsp3) is 0.545. The third-order valence-corrected chi connectivity index (χ3v) is 8.00. The molecule has 18 nitrogen and oxygen atoms in total. The second-order valence-corrected chi connectivity index (χ2v) is 11.1. The molecule has 21 heteroatoms. The van der Waals surface area contributed by atoms with Crippen LogP contribution in [-0.4, -0.2) is 58.8 Å². The fourth-order valence-electron chi connectivity index (χ4n) is 2.93. The highest BCUT2D eigenvalue weighted by atomic mass is 31.3. The molecule has 3 unspecified atom stereocenters. The summed E-state index contributed by atoms with van der Waals surface area (Å²) in [6.07, 6.45) is -1.64. The average Bonchev–Trinajstić information content (AvgIpc) is 3.11. The highest BCUT2D eigenvalue weighted by Gasteiger charge is 2.52. The third-order valence-electron chi connectivity index (χ3n) is 4.27. The second kappa shape index (κ2) is 8.45. The molecular formula is C11H17N6O12P3-2. The van der Waals surface area contributed by atoms with Gasteiger partial charge in [-0.05, 0) is 6.92 Å². The van der Waals surface area contributed by atoms with E-state index in [1.807, 2.05) is 0 Å². The molecule has 1 aliphatic heterocycles. The van der Waals surface area contributed by atoms with Gasteiger partial charge in [-0.3, -0.25) is 18.2 Å². The Balaban J connectivity index is 1.74. The van der Waals surface area contributed by atoms with Crippen molar-refractivity contribution >= 4 is 40.4 Å². The van der Waals surface area contributed by atoms with Crippen LogP contribution in [-0.2, 0) is 31.6 Å². The molecule has 1 saturated heterocycles. The largest absolute Gasteiger partial charge is 0.756 e. The minimum Gasteiger partial charge on any atom is -0.756 e. The van der Waals surface area contributed by atoms with Crippen molar-refractivity contribution in [2.75, 3.05) is 12.3 Å². The maximum absolute atomic E-state index is 11.8. The van der Waals surface area contributed by atoms with Crippen molar-refractivity contribution < 1.29 is 56.3 Å². The van der Waals surface area contributed by atoms with Gasteiger partial charge in [0, 0.05) is 0 Å². The molecule has 7 atom stereocenters. The summed E-state index contributed by atoms with van der Waals surface area (Å²) < 4.78 is 51.8. The van der Waals surface area contributed by atoms with Gasteiger partial charge in [0.15, 0.2) is 17.7 Å². The van der Waals surface area contributed by atoms with Gasteiger partial charge < -0.3 is 40.9 Å². The van der Waals surface area contributed by atoms with Gasteiger partial charge in [0.25, 0.3) is 15.6 Å². The first-order valence-electron chi connectivity index (χ1n) is 8.33. The van der Waals surface area contributed by atoms with Gasteiger partial charge in [-0.1, -0.05) is 0 Å². The average molecular weight is 518 g/mol. The lowest BCUT2D eigenvalue weighted by Gasteiger charge is -2.29. The van der Waals surface area contributed by atoms with Gasteiger partial charge in [-0.25, -0.2) is 28.1 Å². The van der Waals surface area contributed by atoms with Crippen molar-refractivity contribution in [3.05, 3.63) is 12.7 Å². The summed E-state index contributed by atoms with van der Waals surface area (Å²) in [4.78, 5) is 51.5. The van der Waals surface area contributed by atoms with Crippen molar-refractivity contribution in [2.45, 2.75) is 30.9 Å². The molecular weight excluding hydrogens is 501 g/mol. The van der Waals surface area contributed by atoms with Crippen LogP contribution in [0.2, 0.25) is 0 Å². The van der Waals surface area contributed by atoms with Gasteiger partial charge in [0.1, 0.15) is 24.1 Å². The van der Waals surface area contributed by atoms with Gasteiger partial charge >= 0.3 is 7.82 Å². The number of nitrogens with zero attached hydrogens (tertiary/aromatic N) is 4. The summed E-state index contributed by atoms with van der Waals surface area (Å²) in [5, 5.41) is 10.5. The van der Waals surface area contributed by atoms with Crippen LogP contribution < -0.4 is 21.3 Å². The van der Waals surface area contributed by atoms with E-state index in [-0.39, 0.29) is 17.0 Å². The zero-order chi connectivity index (χ0) is 24.1. The maximum atomic E-state index is 11.8. The number of anilines is 1. The molecule has 180 valence electrons. The predicted molar refractivity (Wildman–Crippen MR) is 97.6 cm³/mol. The summed E-state index contributed by atoms with van der Waals surface area (Å²) in [5.74, 6) is 0.0686. The lowest BCUT2D eigenvalue weighted by atomic mass is 9.93. The number of aromatic nitrogens is 4. The minimum atomic E-state index is -6.00. The summed E-state index contributed by atoms with van der Waals surface area (Å²) >= 11 is 0. The van der Waals surface area contributed by atoms with Crippen LogP contribution >= 0.6 is 23.5 Å². The number of nitrogen functional groups attached to an aromatic ring is 1. The summed E-state index contributed by atoms with van der Waals surface area (Å²) in [6.45, 7) is 0.455. The number of rotatable bonds is 8. The van der Waals surface area contributed by atoms with Crippen LogP contribution in [0.4, 0.5) is 5.82 Å². The molecule has 0 radical (unpaired) electrons. The van der Waals surface area contributed by atoms with E-state index < -0.39 is 54.0 Å². The molecule has 2 aromatic rings. The molecule has 0 amide bonds. The molecule has 0 spiro atoms. The number of ether oxygens (including phenoxy) is 1. The van der Waals surface area contributed by atoms with E-state index >= 15 is 0 Å². The van der Waals surface area contributed by atoms with E-state index in [2.05, 4.69) is 28.1 Å². The number of aliphatic hydroxyl groups excluding tert-OH is 1. The van der Waals surface area contributed by atoms with E-state index in [4.69, 9.17) is 21.1 Å². The lowest BCUT2D eigenvalue weighted by molar-refractivity contribution is -0.236. The van der Waals surface area contributed by atoms with Crippen LogP contribution in [0, 0.1) is 0 Å². The number of aliphatic hydroxyl groups is 1. The zero-order valence-electron chi connectivity index (χ0n) is 15.9. The fourth-order valence-corrected chi connectivity index (χ4v) is 5.86. The van der Waals surface area contributed by atoms with E-state index in [9.17, 15) is 33.5 Å². The first kappa shape index (κ1) is 25.3. The Morgan fingerprint density at radius 3 is 2.53 bits per heavy atom. The molecule has 1 fully saturated rings. The molecule has 0 saturated carbocycles. The predicted octanol–water partition coefficient (Wildman–Crippen LogP) is -2.54. The first-order chi connectivity index (χ1) is 14.5. The van der Waals surface area contributed by atoms with Crippen LogP contribution in [0.25, 0.3) is 11.2 Å². The number of nitrogens with two attached hydrogens (primary N) is 2. The molecule has 0 aromatic carbocycles. The molecule has 1 aliphatic rings. The Kier molecular flexibility index (Phi) is 6.67. The standard InChI is InChI=1S/C11H19N6O12P3/c1-11(13)7(18)5(2-26-31(22,23)29-32(24,25)28-30(19,20)21)27-10(11)17-4-16-6-8(12)14-3-15-9(6)17/h3-5,7,10,18H,2,13H2,1H3,(H,22,23)(H,24,25)(H2,12,14,15)(H2,19,20,21)/p-2/t5-,7-,10-,11-/m1/s1. The molecule has 3 rings (SSSR count). The van der Waals surface area contributed by atoms with Crippen LogP contribution in [0.5, 0.6) is 0 Å². The monoisotopic (exact) mass is 518 g/mol. The Morgan fingerprint density at radius 1 is 1.25 bits per heavy atom. The zero-order valence-corrected chi connectivity index (χ0v) is 18.6. The van der Waals surface area contributed by atoms with Crippen molar-refractivity contribution in [3.63, 3.8) is 0 Å². The Hall–Kier alpha value is -1.36. The van der Waals surface area contributed by atoms with Crippen LogP contribution in [0.3, 0.4) is 0 Å². The van der Waals surface area contributed by atoms with Crippen LogP contribution in [0.15, 0.2) is 12.7 Å². The molecule has 2 aromatic heterocycles. The minimum absolute atomic E-state index is 0.0686. The van der Waals surface area contributed by atoms with Crippen molar-refractivity contribution in [3.8, 4) is 0 Å². The van der Waals surface area contributed by atoms with E-state index in [0.29, 0.717) is 0 Å². The van der Waals surface area contributed by atoms with Crippen molar-refractivity contribution in [1.29, 1.82) is 0 Å². The van der Waals surface area contributed by atoms with Gasteiger partial charge in [-0.2, -0.15) is 0 Å². The van der Waals surface area contributed by atoms with E-state index in [0.717, 1.165) is 6.33 Å². The van der Waals surface area contributed by atoms with E-state index in [1.54, 1.807) is 0 Å². The number of phosphoric ester groups is 1. The number of fused-ring (bicyclic) bond motifs is 1. The Morgan fingerprint density at radius 2 is 1.91 bits per heavy atom. The number of hydrogen-bond acceptors (Lipinski definition) is 15. The van der Waals surface area contributed by atoms with Crippen molar-refractivity contribution in [1.82, 2.24) is 19.5 Å². The van der Waals surface area contributed by atoms with Gasteiger partial charge in [-0.15, -0.1) is 0 Å². The Bertz CT molecular complexity index is 1150. The molecule has 7 N–H and O–H groups in total. The molecule has 32 heavy (non-hydrogen) atoms. The van der Waals surface area contributed by atoms with Gasteiger partial charge in [0.2, 0.25) is 0 Å². The molecule has 0 aliphatic carbocycles.